The summed E-state index contributed by atoms with van der Waals surface area (Å²) in [5.74, 6) is -0.937. The Labute approximate surface area is 413 Å². The van der Waals surface area contributed by atoms with Gasteiger partial charge in [0.1, 0.15) is 13.2 Å². The molecule has 67 heavy (non-hydrogen) atoms. The first kappa shape index (κ1) is 63.3. The Balaban J connectivity index is 4.31. The molecule has 1 atom stereocenters. The third-order valence-corrected chi connectivity index (χ3v) is 11.6. The highest BCUT2D eigenvalue weighted by atomic mass is 16.6. The van der Waals surface area contributed by atoms with Gasteiger partial charge in [-0.3, -0.25) is 14.4 Å². The first-order chi connectivity index (χ1) is 33.0. The summed E-state index contributed by atoms with van der Waals surface area (Å²) in [4.78, 5) is 37.9. The highest BCUT2D eigenvalue weighted by Gasteiger charge is 2.19. The maximum atomic E-state index is 12.8. The SMILES string of the molecule is CC/C=C\C/C=C\C/C=C\C/C=C\C/C=C\C/C=C\C/C=C\C/C=C\CCCCC(=O)OCC(COC(=O)CCCCCCCCCC)OC(=O)CCCCCCCCCCCCCCCC. The van der Waals surface area contributed by atoms with Crippen molar-refractivity contribution >= 4 is 17.9 Å². The van der Waals surface area contributed by atoms with Crippen LogP contribution in [0.4, 0.5) is 0 Å². The molecule has 382 valence electrons. The van der Waals surface area contributed by atoms with Gasteiger partial charge in [-0.15, -0.1) is 0 Å². The second-order valence-electron chi connectivity index (χ2n) is 18.1. The average molecular weight is 931 g/mol. The van der Waals surface area contributed by atoms with Crippen LogP contribution in [-0.4, -0.2) is 37.2 Å². The number of allylic oxidation sites excluding steroid dienone is 16. The van der Waals surface area contributed by atoms with Crippen molar-refractivity contribution < 1.29 is 28.6 Å². The van der Waals surface area contributed by atoms with Gasteiger partial charge in [0.25, 0.3) is 0 Å². The van der Waals surface area contributed by atoms with Crippen molar-refractivity contribution in [3.05, 3.63) is 97.2 Å². The minimum Gasteiger partial charge on any atom is -0.462 e. The largest absolute Gasteiger partial charge is 0.462 e. The molecule has 0 bridgehead atoms. The summed E-state index contributed by atoms with van der Waals surface area (Å²) in [6, 6.07) is 0. The highest BCUT2D eigenvalue weighted by molar-refractivity contribution is 5.71. The van der Waals surface area contributed by atoms with Gasteiger partial charge in [-0.1, -0.05) is 246 Å². The molecule has 6 heteroatoms. The van der Waals surface area contributed by atoms with Crippen LogP contribution in [0.5, 0.6) is 0 Å². The molecule has 0 aliphatic carbocycles. The predicted octanol–water partition coefficient (Wildman–Crippen LogP) is 18.5. The third kappa shape index (κ3) is 53.2. The molecule has 0 saturated carbocycles. The Hall–Kier alpha value is -3.67. The van der Waals surface area contributed by atoms with Gasteiger partial charge in [0.05, 0.1) is 0 Å². The minimum atomic E-state index is -0.791. The molecule has 1 unspecified atom stereocenters. The molecule has 0 N–H and O–H groups in total. The fourth-order valence-electron chi connectivity index (χ4n) is 7.46. The zero-order valence-corrected chi connectivity index (χ0v) is 43.6. The highest BCUT2D eigenvalue weighted by Crippen LogP contribution is 2.15. The minimum absolute atomic E-state index is 0.0890. The lowest BCUT2D eigenvalue weighted by atomic mass is 10.0. The molecule has 0 aromatic heterocycles. The summed E-state index contributed by atoms with van der Waals surface area (Å²) >= 11 is 0. The lowest BCUT2D eigenvalue weighted by molar-refractivity contribution is -0.167. The first-order valence-corrected chi connectivity index (χ1v) is 27.7. The average Bonchev–Trinajstić information content (AvgIpc) is 3.33. The van der Waals surface area contributed by atoms with Gasteiger partial charge in [0, 0.05) is 19.3 Å². The van der Waals surface area contributed by atoms with E-state index < -0.39 is 6.10 Å². The molecule has 0 fully saturated rings. The quantitative estimate of drug-likeness (QED) is 0.0262. The number of carbonyl (C=O) groups is 3. The van der Waals surface area contributed by atoms with Crippen LogP contribution in [0.1, 0.15) is 252 Å². The summed E-state index contributed by atoms with van der Waals surface area (Å²) in [6.07, 6.45) is 72.7. The molecule has 0 aromatic rings. The van der Waals surface area contributed by atoms with Gasteiger partial charge in [0.2, 0.25) is 0 Å². The standard InChI is InChI=1S/C61H102O6/c1-4-7-10-13-16-19-21-23-25-26-27-28-29-30-31-32-33-34-35-36-37-39-40-42-45-48-51-54-60(63)66-57-58(56-65-59(62)53-50-47-44-18-15-12-9-6-3)67-61(64)55-52-49-46-43-41-38-24-22-20-17-14-11-8-5-2/h7,10,16,19,23,25,27-28,30-31,33-34,36-37,40,42,58H,4-6,8-9,11-15,17-18,20-22,24,26,29,32,35,38-39,41,43-57H2,1-3H3/b10-7-,19-16-,25-23-,28-27-,31-30-,34-33-,37-36-,42-40-. The Bertz CT molecular complexity index is 1350. The lowest BCUT2D eigenvalue weighted by Crippen LogP contribution is -2.30. The molecule has 0 spiro atoms. The number of hydrogen-bond acceptors (Lipinski definition) is 6. The summed E-state index contributed by atoms with van der Waals surface area (Å²) in [5.41, 5.74) is 0. The Morgan fingerprint density at radius 2 is 0.582 bits per heavy atom. The smallest absolute Gasteiger partial charge is 0.306 e. The number of hydrogen-bond donors (Lipinski definition) is 0. The summed E-state index contributed by atoms with van der Waals surface area (Å²) < 4.78 is 16.7. The predicted molar refractivity (Wildman–Crippen MR) is 288 cm³/mol. The lowest BCUT2D eigenvalue weighted by Gasteiger charge is -2.18. The normalized spacial score (nSPS) is 12.8. The van der Waals surface area contributed by atoms with Crippen LogP contribution in [0.3, 0.4) is 0 Å². The fraction of sp³-hybridized carbons (Fsp3) is 0.689. The molecule has 0 rings (SSSR count). The van der Waals surface area contributed by atoms with Crippen LogP contribution in [0.2, 0.25) is 0 Å². The molecule has 0 radical (unpaired) electrons. The second-order valence-corrected chi connectivity index (χ2v) is 18.1. The van der Waals surface area contributed by atoms with E-state index in [2.05, 4.69) is 118 Å². The summed E-state index contributed by atoms with van der Waals surface area (Å²) in [5, 5.41) is 0. The number of rotatable bonds is 49. The van der Waals surface area contributed by atoms with Gasteiger partial charge in [-0.25, -0.2) is 0 Å². The van der Waals surface area contributed by atoms with Gasteiger partial charge in [0.15, 0.2) is 6.10 Å². The number of carbonyl (C=O) groups excluding carboxylic acids is 3. The summed E-state index contributed by atoms with van der Waals surface area (Å²) in [7, 11) is 0. The zero-order valence-electron chi connectivity index (χ0n) is 43.6. The van der Waals surface area contributed by atoms with E-state index in [0.29, 0.717) is 19.3 Å². The van der Waals surface area contributed by atoms with E-state index >= 15 is 0 Å². The van der Waals surface area contributed by atoms with Crippen LogP contribution in [-0.2, 0) is 28.6 Å². The Morgan fingerprint density at radius 1 is 0.313 bits per heavy atom. The molecule has 6 nitrogen and oxygen atoms in total. The molecule has 0 saturated heterocycles. The van der Waals surface area contributed by atoms with Crippen LogP contribution in [0, 0.1) is 0 Å². The Kier molecular flexibility index (Phi) is 51.9. The van der Waals surface area contributed by atoms with Crippen molar-refractivity contribution in [3.8, 4) is 0 Å². The van der Waals surface area contributed by atoms with Crippen LogP contribution in [0.15, 0.2) is 97.2 Å². The molecule has 0 heterocycles. The van der Waals surface area contributed by atoms with Gasteiger partial charge in [-0.05, 0) is 83.5 Å². The van der Waals surface area contributed by atoms with Crippen LogP contribution < -0.4 is 0 Å². The molecule has 0 amide bonds. The van der Waals surface area contributed by atoms with E-state index in [4.69, 9.17) is 14.2 Å². The van der Waals surface area contributed by atoms with E-state index in [9.17, 15) is 14.4 Å². The van der Waals surface area contributed by atoms with E-state index in [0.717, 1.165) is 109 Å². The number of unbranched alkanes of at least 4 members (excludes halogenated alkanes) is 22. The maximum Gasteiger partial charge on any atom is 0.306 e. The molecule has 0 aliphatic heterocycles. The molecule has 0 aromatic carbocycles. The topological polar surface area (TPSA) is 78.9 Å². The van der Waals surface area contributed by atoms with Crippen molar-refractivity contribution in [3.63, 3.8) is 0 Å². The van der Waals surface area contributed by atoms with Crippen LogP contribution in [0.25, 0.3) is 0 Å². The second kappa shape index (κ2) is 54.9. The van der Waals surface area contributed by atoms with Crippen molar-refractivity contribution in [2.75, 3.05) is 13.2 Å². The van der Waals surface area contributed by atoms with Crippen molar-refractivity contribution in [2.45, 2.75) is 258 Å². The zero-order chi connectivity index (χ0) is 48.6. The molecular weight excluding hydrogens is 829 g/mol. The van der Waals surface area contributed by atoms with Gasteiger partial charge < -0.3 is 14.2 Å². The van der Waals surface area contributed by atoms with E-state index in [1.54, 1.807) is 0 Å². The monoisotopic (exact) mass is 931 g/mol. The molecule has 0 aliphatic rings. The van der Waals surface area contributed by atoms with E-state index in [-0.39, 0.29) is 31.1 Å². The molecular formula is C61H102O6. The maximum absolute atomic E-state index is 12.8. The van der Waals surface area contributed by atoms with Crippen molar-refractivity contribution in [1.82, 2.24) is 0 Å². The summed E-state index contributed by atoms with van der Waals surface area (Å²) in [6.45, 7) is 6.46. The fourth-order valence-corrected chi connectivity index (χ4v) is 7.46. The van der Waals surface area contributed by atoms with Crippen LogP contribution >= 0.6 is 0 Å². The van der Waals surface area contributed by atoms with Gasteiger partial charge >= 0.3 is 17.9 Å². The Morgan fingerprint density at radius 3 is 0.910 bits per heavy atom. The van der Waals surface area contributed by atoms with Gasteiger partial charge in [-0.2, -0.15) is 0 Å². The number of ether oxygens (including phenoxy) is 3. The third-order valence-electron chi connectivity index (χ3n) is 11.6. The van der Waals surface area contributed by atoms with Crippen molar-refractivity contribution in [2.24, 2.45) is 0 Å². The number of esters is 3. The van der Waals surface area contributed by atoms with E-state index in [1.165, 1.54) is 103 Å². The first-order valence-electron chi connectivity index (χ1n) is 27.7. The van der Waals surface area contributed by atoms with E-state index in [1.807, 2.05) is 0 Å². The van der Waals surface area contributed by atoms with Crippen molar-refractivity contribution in [1.29, 1.82) is 0 Å².